The minimum Gasteiger partial charge on any atom is -0.475 e. The lowest BCUT2D eigenvalue weighted by Crippen LogP contribution is -2.46. The van der Waals surface area contributed by atoms with Crippen molar-refractivity contribution < 1.29 is 37.1 Å². The van der Waals surface area contributed by atoms with E-state index in [9.17, 15) is 27.2 Å². The van der Waals surface area contributed by atoms with Crippen LogP contribution in [0.2, 0.25) is 0 Å². The highest BCUT2D eigenvalue weighted by atomic mass is 32.1. The van der Waals surface area contributed by atoms with E-state index in [0.29, 0.717) is 34.5 Å². The zero-order chi connectivity index (χ0) is 29.9. The second kappa shape index (κ2) is 15.2. The molecular weight excluding hydrogens is 574 g/mol. The summed E-state index contributed by atoms with van der Waals surface area (Å²) >= 11 is 2.75. The van der Waals surface area contributed by atoms with E-state index in [0.717, 1.165) is 4.88 Å². The van der Waals surface area contributed by atoms with Gasteiger partial charge in [-0.25, -0.2) is 9.18 Å². The van der Waals surface area contributed by atoms with Gasteiger partial charge in [0.2, 0.25) is 16.9 Å². The smallest absolute Gasteiger partial charge is 0.475 e. The van der Waals surface area contributed by atoms with E-state index in [4.69, 9.17) is 15.6 Å². The quantitative estimate of drug-likeness (QED) is 0.196. The van der Waals surface area contributed by atoms with Gasteiger partial charge in [-0.15, -0.1) is 21.5 Å². The molecule has 216 valence electrons. The molecule has 0 unspecified atom stereocenters. The molecule has 2 amide bonds. The zero-order valence-electron chi connectivity index (χ0n) is 21.3. The maximum Gasteiger partial charge on any atom is 0.490 e. The van der Waals surface area contributed by atoms with Gasteiger partial charge in [-0.1, -0.05) is 37.3 Å². The molecule has 0 fully saturated rings. The van der Waals surface area contributed by atoms with E-state index in [2.05, 4.69) is 20.8 Å². The van der Waals surface area contributed by atoms with Crippen LogP contribution in [0, 0.1) is 11.7 Å². The number of rotatable bonds is 10. The number of benzene rings is 1. The Morgan fingerprint density at radius 3 is 2.33 bits per heavy atom. The number of amides is 2. The van der Waals surface area contributed by atoms with E-state index in [1.165, 1.54) is 29.5 Å². The number of hydrogen-bond donors (Lipinski definition) is 4. The Kier molecular flexibility index (Phi) is 12.4. The minimum atomic E-state index is -5.08. The van der Waals surface area contributed by atoms with Crippen molar-refractivity contribution in [3.05, 3.63) is 64.6 Å². The van der Waals surface area contributed by atoms with Crippen molar-refractivity contribution in [2.24, 2.45) is 11.7 Å². The van der Waals surface area contributed by atoms with Crippen LogP contribution < -0.4 is 16.4 Å². The second-order valence-corrected chi connectivity index (χ2v) is 10.7. The monoisotopic (exact) mass is 601 g/mol. The highest BCUT2D eigenvalue weighted by molar-refractivity contribution is 7.18. The van der Waals surface area contributed by atoms with Crippen molar-refractivity contribution in [3.63, 3.8) is 0 Å². The van der Waals surface area contributed by atoms with Gasteiger partial charge < -0.3 is 16.2 Å². The van der Waals surface area contributed by atoms with Crippen LogP contribution in [0.15, 0.2) is 53.9 Å². The molecule has 1 aromatic carbocycles. The molecule has 0 saturated carbocycles. The number of carbonyl (C=O) groups excluding carboxylic acids is 2. The molecule has 0 aliphatic heterocycles. The SMILES string of the molecule is CC(C)C[C@@H](C=CC(=O)Nc1nnc(-c2ccc(F)cc2)s1)NC(=O)[C@@H](N)Cc1cccs1.O=C(O)C(F)(F)F. The fourth-order valence-corrected chi connectivity index (χ4v) is 4.57. The number of nitrogens with one attached hydrogen (secondary N) is 2. The first-order chi connectivity index (χ1) is 18.7. The van der Waals surface area contributed by atoms with Crippen LogP contribution in [-0.2, 0) is 20.8 Å². The van der Waals surface area contributed by atoms with Gasteiger partial charge in [-0.05, 0) is 48.1 Å². The Bertz CT molecular complexity index is 1280. The van der Waals surface area contributed by atoms with Crippen molar-refractivity contribution in [1.29, 1.82) is 0 Å². The van der Waals surface area contributed by atoms with Gasteiger partial charge in [0.05, 0.1) is 6.04 Å². The van der Waals surface area contributed by atoms with Crippen LogP contribution >= 0.6 is 22.7 Å². The lowest BCUT2D eigenvalue weighted by atomic mass is 10.0. The van der Waals surface area contributed by atoms with Crippen LogP contribution in [0.25, 0.3) is 10.6 Å². The highest BCUT2D eigenvalue weighted by Gasteiger charge is 2.38. The fourth-order valence-electron chi connectivity index (χ4n) is 3.05. The standard InChI is InChI=1S/C23H26FN5O2S2.C2HF3O2/c1-14(2)12-17(26-21(31)19(25)13-18-4-3-11-32-18)9-10-20(30)27-23-29-28-22(33-23)15-5-7-16(24)8-6-15;3-2(4,5)1(6)7/h3-11,14,17,19H,12-13,25H2,1-2H3,(H,26,31)(H,27,29,30);(H,6,7)/t17-,19+;/m1./s1. The van der Waals surface area contributed by atoms with Gasteiger partial charge in [0, 0.05) is 29.0 Å². The molecule has 0 aliphatic rings. The number of anilines is 1. The van der Waals surface area contributed by atoms with Crippen LogP contribution in [-0.4, -0.2) is 51.3 Å². The van der Waals surface area contributed by atoms with Crippen LogP contribution in [0.1, 0.15) is 25.1 Å². The Morgan fingerprint density at radius 2 is 1.77 bits per heavy atom. The van der Waals surface area contributed by atoms with Gasteiger partial charge >= 0.3 is 12.1 Å². The minimum absolute atomic E-state index is 0.257. The average molecular weight is 602 g/mol. The first-order valence-electron chi connectivity index (χ1n) is 11.7. The summed E-state index contributed by atoms with van der Waals surface area (Å²) in [6.07, 6.45) is -0.922. The summed E-state index contributed by atoms with van der Waals surface area (Å²) in [6.45, 7) is 4.08. The largest absolute Gasteiger partial charge is 0.490 e. The van der Waals surface area contributed by atoms with Crippen LogP contribution in [0.3, 0.4) is 0 Å². The normalized spacial score (nSPS) is 12.9. The Morgan fingerprint density at radius 1 is 1.12 bits per heavy atom. The maximum atomic E-state index is 13.1. The molecule has 2 atom stereocenters. The molecule has 3 aromatic rings. The molecular formula is C25H27F4N5O4S2. The molecule has 15 heteroatoms. The molecule has 3 rings (SSSR count). The summed E-state index contributed by atoms with van der Waals surface area (Å²) in [6, 6.07) is 8.76. The molecule has 40 heavy (non-hydrogen) atoms. The van der Waals surface area contributed by atoms with Crippen molar-refractivity contribution in [2.45, 2.75) is 44.9 Å². The molecule has 9 nitrogen and oxygen atoms in total. The third-order valence-electron chi connectivity index (χ3n) is 4.86. The van der Waals surface area contributed by atoms with Gasteiger partial charge in [-0.3, -0.25) is 14.9 Å². The topological polar surface area (TPSA) is 147 Å². The van der Waals surface area contributed by atoms with E-state index >= 15 is 0 Å². The van der Waals surface area contributed by atoms with Crippen molar-refractivity contribution in [2.75, 3.05) is 5.32 Å². The third-order valence-corrected chi connectivity index (χ3v) is 6.65. The Labute approximate surface area is 235 Å². The number of halogens is 4. The molecule has 2 heterocycles. The first-order valence-corrected chi connectivity index (χ1v) is 13.4. The molecule has 0 spiro atoms. The zero-order valence-corrected chi connectivity index (χ0v) is 22.9. The Hall–Kier alpha value is -3.69. The number of thiophene rings is 1. The number of hydrogen-bond acceptors (Lipinski definition) is 8. The molecule has 5 N–H and O–H groups in total. The Balaban J connectivity index is 0.000000708. The van der Waals surface area contributed by atoms with Crippen LogP contribution in [0.5, 0.6) is 0 Å². The summed E-state index contributed by atoms with van der Waals surface area (Å²) in [5.41, 5.74) is 6.77. The number of carboxylic acid groups (broad SMARTS) is 1. The molecule has 0 radical (unpaired) electrons. The maximum absolute atomic E-state index is 13.1. The van der Waals surface area contributed by atoms with Gasteiger partial charge in [-0.2, -0.15) is 13.2 Å². The van der Waals surface area contributed by atoms with Crippen molar-refractivity contribution in [3.8, 4) is 10.6 Å². The number of nitrogens with two attached hydrogens (primary N) is 1. The number of carboxylic acids is 1. The summed E-state index contributed by atoms with van der Waals surface area (Å²) in [7, 11) is 0. The highest BCUT2D eigenvalue weighted by Crippen LogP contribution is 2.26. The number of alkyl halides is 3. The second-order valence-electron chi connectivity index (χ2n) is 8.71. The number of carbonyl (C=O) groups is 3. The first kappa shape index (κ1) is 32.5. The average Bonchev–Trinajstić information content (AvgIpc) is 3.55. The predicted octanol–water partition coefficient (Wildman–Crippen LogP) is 4.63. The third kappa shape index (κ3) is 11.6. The number of aromatic nitrogens is 2. The molecule has 0 saturated heterocycles. The molecule has 2 aromatic heterocycles. The fraction of sp³-hybridized carbons (Fsp3) is 0.320. The molecule has 0 aliphatic carbocycles. The summed E-state index contributed by atoms with van der Waals surface area (Å²) in [5, 5.41) is 23.6. The summed E-state index contributed by atoms with van der Waals surface area (Å²) in [5.74, 6) is -3.43. The summed E-state index contributed by atoms with van der Waals surface area (Å²) in [4.78, 5) is 34.9. The predicted molar refractivity (Wildman–Crippen MR) is 144 cm³/mol. The van der Waals surface area contributed by atoms with E-state index < -0.39 is 18.2 Å². The summed E-state index contributed by atoms with van der Waals surface area (Å²) < 4.78 is 44.8. The molecule has 0 bridgehead atoms. The van der Waals surface area contributed by atoms with E-state index in [-0.39, 0.29) is 23.7 Å². The lowest BCUT2D eigenvalue weighted by Gasteiger charge is -2.19. The van der Waals surface area contributed by atoms with E-state index in [1.54, 1.807) is 29.5 Å². The van der Waals surface area contributed by atoms with Gasteiger partial charge in [0.1, 0.15) is 10.8 Å². The van der Waals surface area contributed by atoms with Crippen molar-refractivity contribution in [1.82, 2.24) is 15.5 Å². The van der Waals surface area contributed by atoms with E-state index in [1.807, 2.05) is 31.4 Å². The number of aliphatic carboxylic acids is 1. The van der Waals surface area contributed by atoms with Crippen LogP contribution in [0.4, 0.5) is 22.7 Å². The van der Waals surface area contributed by atoms with Crippen molar-refractivity contribution >= 4 is 45.6 Å². The lowest BCUT2D eigenvalue weighted by molar-refractivity contribution is -0.192. The number of nitrogens with zero attached hydrogens (tertiary/aromatic N) is 2. The van der Waals surface area contributed by atoms with Gasteiger partial charge in [0.25, 0.3) is 0 Å². The van der Waals surface area contributed by atoms with Gasteiger partial charge in [0.15, 0.2) is 0 Å².